The zero-order chi connectivity index (χ0) is 15.8. The Balaban J connectivity index is 2.42. The number of rotatable bonds is 3. The first-order valence-corrected chi connectivity index (χ1v) is 8.05. The van der Waals surface area contributed by atoms with Crippen LogP contribution in [0.4, 0.5) is 15.8 Å². The molecule has 0 atom stereocenters. The molecular weight excluding hydrogens is 362 g/mol. The van der Waals surface area contributed by atoms with Crippen molar-refractivity contribution in [3.63, 3.8) is 0 Å². The Hall–Kier alpha value is -1.21. The van der Waals surface area contributed by atoms with Gasteiger partial charge in [0, 0.05) is 0 Å². The summed E-state index contributed by atoms with van der Waals surface area (Å²) in [4.78, 5) is -0.205. The van der Waals surface area contributed by atoms with E-state index in [1.807, 2.05) is 0 Å². The molecule has 0 fully saturated rings. The van der Waals surface area contributed by atoms with Crippen molar-refractivity contribution in [3.05, 3.63) is 51.2 Å². The molecule has 0 saturated heterocycles. The van der Waals surface area contributed by atoms with Gasteiger partial charge < -0.3 is 5.73 Å². The number of hydrogen-bond donors (Lipinski definition) is 2. The summed E-state index contributed by atoms with van der Waals surface area (Å²) in [7, 11) is -3.99. The molecule has 2 rings (SSSR count). The number of nitrogen functional groups attached to an aromatic ring is 1. The number of halogens is 4. The standard InChI is InChI=1S/C12H8Cl3FN2O2S/c13-7-4-9(15)12(5-8(7)14)18-21(19,20)6-1-2-10(16)11(17)3-6/h1-5,18H,17H2. The van der Waals surface area contributed by atoms with E-state index in [1.54, 1.807) is 0 Å². The van der Waals surface area contributed by atoms with Gasteiger partial charge in [0.05, 0.1) is 31.3 Å². The van der Waals surface area contributed by atoms with Gasteiger partial charge in [0.25, 0.3) is 10.0 Å². The van der Waals surface area contributed by atoms with Crippen LogP contribution in [-0.2, 0) is 10.0 Å². The van der Waals surface area contributed by atoms with Gasteiger partial charge in [0.15, 0.2) is 0 Å². The summed E-state index contributed by atoms with van der Waals surface area (Å²) in [6.07, 6.45) is 0. The molecule has 2 aromatic rings. The number of benzene rings is 2. The van der Waals surface area contributed by atoms with Crippen molar-refractivity contribution >= 4 is 56.2 Å². The fourth-order valence-corrected chi connectivity index (χ4v) is 3.25. The molecule has 4 nitrogen and oxygen atoms in total. The minimum absolute atomic E-state index is 0.0500. The molecule has 21 heavy (non-hydrogen) atoms. The largest absolute Gasteiger partial charge is 0.396 e. The molecule has 0 aliphatic carbocycles. The maximum absolute atomic E-state index is 13.1. The second kappa shape index (κ2) is 5.88. The maximum atomic E-state index is 13.1. The van der Waals surface area contributed by atoms with E-state index in [4.69, 9.17) is 40.5 Å². The molecule has 0 amide bonds. The van der Waals surface area contributed by atoms with Crippen LogP contribution in [0.1, 0.15) is 0 Å². The lowest BCUT2D eigenvalue weighted by atomic mass is 10.3. The topological polar surface area (TPSA) is 72.2 Å². The Bertz CT molecular complexity index is 812. The first kappa shape index (κ1) is 16.2. The monoisotopic (exact) mass is 368 g/mol. The molecule has 0 bridgehead atoms. The van der Waals surface area contributed by atoms with Crippen molar-refractivity contribution in [1.82, 2.24) is 0 Å². The van der Waals surface area contributed by atoms with Crippen molar-refractivity contribution in [2.24, 2.45) is 0 Å². The zero-order valence-corrected chi connectivity index (χ0v) is 13.3. The molecule has 0 unspecified atom stereocenters. The van der Waals surface area contributed by atoms with Crippen LogP contribution in [0.5, 0.6) is 0 Å². The van der Waals surface area contributed by atoms with E-state index in [9.17, 15) is 12.8 Å². The smallest absolute Gasteiger partial charge is 0.262 e. The van der Waals surface area contributed by atoms with Crippen LogP contribution in [0, 0.1) is 5.82 Å². The van der Waals surface area contributed by atoms with Crippen LogP contribution in [0.2, 0.25) is 15.1 Å². The Morgan fingerprint density at radius 1 is 1.00 bits per heavy atom. The maximum Gasteiger partial charge on any atom is 0.262 e. The third-order valence-electron chi connectivity index (χ3n) is 2.53. The fourth-order valence-electron chi connectivity index (χ4n) is 1.49. The van der Waals surface area contributed by atoms with Crippen LogP contribution in [0.25, 0.3) is 0 Å². The van der Waals surface area contributed by atoms with Crippen LogP contribution >= 0.6 is 34.8 Å². The van der Waals surface area contributed by atoms with E-state index >= 15 is 0 Å². The lowest BCUT2D eigenvalue weighted by Gasteiger charge is -2.11. The number of nitrogens with two attached hydrogens (primary N) is 1. The minimum atomic E-state index is -3.99. The predicted molar refractivity (Wildman–Crippen MR) is 83.1 cm³/mol. The van der Waals surface area contributed by atoms with E-state index in [-0.39, 0.29) is 31.3 Å². The van der Waals surface area contributed by atoms with Crippen molar-refractivity contribution in [3.8, 4) is 0 Å². The van der Waals surface area contributed by atoms with Crippen LogP contribution in [0.3, 0.4) is 0 Å². The summed E-state index contributed by atoms with van der Waals surface area (Å²) in [6.45, 7) is 0. The zero-order valence-electron chi connectivity index (χ0n) is 10.2. The molecular formula is C12H8Cl3FN2O2S. The Morgan fingerprint density at radius 2 is 1.62 bits per heavy atom. The number of sulfonamides is 1. The lowest BCUT2D eigenvalue weighted by Crippen LogP contribution is -2.14. The minimum Gasteiger partial charge on any atom is -0.396 e. The van der Waals surface area contributed by atoms with E-state index in [0.29, 0.717) is 0 Å². The van der Waals surface area contributed by atoms with Gasteiger partial charge in [-0.15, -0.1) is 0 Å². The van der Waals surface area contributed by atoms with E-state index < -0.39 is 15.8 Å². The van der Waals surface area contributed by atoms with Gasteiger partial charge in [-0.2, -0.15) is 0 Å². The highest BCUT2D eigenvalue weighted by atomic mass is 35.5. The third kappa shape index (κ3) is 3.52. The molecule has 3 N–H and O–H groups in total. The highest BCUT2D eigenvalue weighted by Crippen LogP contribution is 2.33. The van der Waals surface area contributed by atoms with Crippen molar-refractivity contribution < 1.29 is 12.8 Å². The summed E-state index contributed by atoms with van der Waals surface area (Å²) in [6, 6.07) is 5.63. The predicted octanol–water partition coefficient (Wildman–Crippen LogP) is 4.17. The van der Waals surface area contributed by atoms with Gasteiger partial charge in [-0.05, 0) is 30.3 Å². The molecule has 112 valence electrons. The van der Waals surface area contributed by atoms with Gasteiger partial charge >= 0.3 is 0 Å². The Labute approximate surface area is 135 Å². The second-order valence-corrected chi connectivity index (χ2v) is 6.94. The summed E-state index contributed by atoms with van der Waals surface area (Å²) in [5.41, 5.74) is 5.12. The van der Waals surface area contributed by atoms with Crippen molar-refractivity contribution in [1.29, 1.82) is 0 Å². The molecule has 0 spiro atoms. The number of nitrogens with one attached hydrogen (secondary N) is 1. The average Bonchev–Trinajstić information content (AvgIpc) is 2.39. The van der Waals surface area contributed by atoms with Crippen LogP contribution in [0.15, 0.2) is 35.2 Å². The number of anilines is 2. The molecule has 0 heterocycles. The number of hydrogen-bond acceptors (Lipinski definition) is 3. The molecule has 0 aromatic heterocycles. The summed E-state index contributed by atoms with van der Waals surface area (Å²) in [5.74, 6) is -0.707. The van der Waals surface area contributed by atoms with Gasteiger partial charge in [0.1, 0.15) is 5.82 Å². The summed E-state index contributed by atoms with van der Waals surface area (Å²) in [5, 5.41) is 0.399. The normalized spacial score (nSPS) is 11.4. The summed E-state index contributed by atoms with van der Waals surface area (Å²) >= 11 is 17.5. The van der Waals surface area contributed by atoms with Gasteiger partial charge in [-0.3, -0.25) is 4.72 Å². The van der Waals surface area contributed by atoms with Gasteiger partial charge in [-0.1, -0.05) is 34.8 Å². The highest BCUT2D eigenvalue weighted by Gasteiger charge is 2.18. The molecule has 0 radical (unpaired) electrons. The molecule has 2 aromatic carbocycles. The highest BCUT2D eigenvalue weighted by molar-refractivity contribution is 7.92. The SMILES string of the molecule is Nc1cc(S(=O)(=O)Nc2cc(Cl)c(Cl)cc2Cl)ccc1F. The van der Waals surface area contributed by atoms with Crippen LogP contribution in [-0.4, -0.2) is 8.42 Å². The molecule has 9 heteroatoms. The van der Waals surface area contributed by atoms with Crippen molar-refractivity contribution in [2.45, 2.75) is 4.90 Å². The van der Waals surface area contributed by atoms with Gasteiger partial charge in [-0.25, -0.2) is 12.8 Å². The second-order valence-electron chi connectivity index (χ2n) is 4.03. The van der Waals surface area contributed by atoms with Crippen molar-refractivity contribution in [2.75, 3.05) is 10.5 Å². The quantitative estimate of drug-likeness (QED) is 0.630. The van der Waals surface area contributed by atoms with E-state index in [1.165, 1.54) is 12.1 Å². The first-order valence-electron chi connectivity index (χ1n) is 5.43. The van der Waals surface area contributed by atoms with Gasteiger partial charge in [0.2, 0.25) is 0 Å². The molecule has 0 aliphatic rings. The van der Waals surface area contributed by atoms with E-state index in [2.05, 4.69) is 4.72 Å². The third-order valence-corrected chi connectivity index (χ3v) is 4.93. The molecule has 0 saturated carbocycles. The van der Waals surface area contributed by atoms with E-state index in [0.717, 1.165) is 18.2 Å². The lowest BCUT2D eigenvalue weighted by molar-refractivity contribution is 0.600. The fraction of sp³-hybridized carbons (Fsp3) is 0. The Morgan fingerprint density at radius 3 is 2.24 bits per heavy atom. The first-order chi connectivity index (χ1) is 9.70. The summed E-state index contributed by atoms with van der Waals surface area (Å²) < 4.78 is 39.7. The average molecular weight is 370 g/mol. The Kier molecular flexibility index (Phi) is 4.53. The molecule has 0 aliphatic heterocycles. The van der Waals surface area contributed by atoms with Crippen LogP contribution < -0.4 is 10.5 Å².